The lowest BCUT2D eigenvalue weighted by Gasteiger charge is -2.24. The zero-order chi connectivity index (χ0) is 13.5. The van der Waals surface area contributed by atoms with Crippen LogP contribution >= 0.6 is 0 Å². The third kappa shape index (κ3) is 5.91. The van der Waals surface area contributed by atoms with Gasteiger partial charge in [0.1, 0.15) is 6.04 Å². The van der Waals surface area contributed by atoms with Crippen molar-refractivity contribution in [2.24, 2.45) is 11.7 Å². The van der Waals surface area contributed by atoms with Gasteiger partial charge in [-0.05, 0) is 12.8 Å². The Morgan fingerprint density at radius 3 is 2.29 bits per heavy atom. The lowest BCUT2D eigenvalue weighted by molar-refractivity contribution is -0.176. The first kappa shape index (κ1) is 16.2. The normalized spacial score (nSPS) is 15.4. The van der Waals surface area contributed by atoms with Crippen LogP contribution in [0.2, 0.25) is 0 Å². The summed E-state index contributed by atoms with van der Waals surface area (Å²) in [6.07, 6.45) is -2.64. The van der Waals surface area contributed by atoms with Gasteiger partial charge in [0.25, 0.3) is 0 Å². The van der Waals surface area contributed by atoms with Crippen molar-refractivity contribution in [3.05, 3.63) is 0 Å². The molecule has 0 spiro atoms. The highest BCUT2D eigenvalue weighted by molar-refractivity contribution is 5.73. The maximum Gasteiger partial charge on any atom is 0.404 e. The zero-order valence-corrected chi connectivity index (χ0v) is 10.2. The van der Waals surface area contributed by atoms with Crippen LogP contribution in [0.25, 0.3) is 0 Å². The molecule has 0 rings (SSSR count). The molecule has 0 aromatic rings. The van der Waals surface area contributed by atoms with E-state index >= 15 is 0 Å². The summed E-state index contributed by atoms with van der Waals surface area (Å²) >= 11 is 0. The molecule has 0 aliphatic heterocycles. The molecule has 0 fully saturated rings. The molecule has 0 radical (unpaired) electrons. The maximum absolute atomic E-state index is 12.5. The quantitative estimate of drug-likeness (QED) is 0.711. The molecule has 0 aromatic carbocycles. The Morgan fingerprint density at radius 2 is 1.88 bits per heavy atom. The fourth-order valence-corrected chi connectivity index (χ4v) is 1.41. The Labute approximate surface area is 99.5 Å². The van der Waals surface area contributed by atoms with E-state index in [9.17, 15) is 18.0 Å². The van der Waals surface area contributed by atoms with Crippen LogP contribution in [-0.4, -0.2) is 24.8 Å². The molecule has 2 atom stereocenters. The maximum atomic E-state index is 12.5. The molecular weight excluding hydrogens is 235 g/mol. The Kier molecular flexibility index (Phi) is 7.18. The second-order valence-electron chi connectivity index (χ2n) is 3.98. The molecule has 0 saturated carbocycles. The molecule has 0 unspecified atom stereocenters. The summed E-state index contributed by atoms with van der Waals surface area (Å²) in [6, 6.07) is -2.14. The number of rotatable bonds is 7. The number of esters is 1. The minimum Gasteiger partial charge on any atom is -0.465 e. The number of carbonyl (C=O) groups is 1. The topological polar surface area (TPSA) is 52.3 Å². The Hall–Kier alpha value is -0.780. The first-order chi connectivity index (χ1) is 7.84. The number of ether oxygens (including phenoxy) is 1. The Morgan fingerprint density at radius 1 is 1.29 bits per heavy atom. The van der Waals surface area contributed by atoms with Gasteiger partial charge in [-0.25, -0.2) is 0 Å². The van der Waals surface area contributed by atoms with Crippen molar-refractivity contribution >= 4 is 5.97 Å². The predicted octanol–water partition coefficient (Wildman–Crippen LogP) is 2.64. The van der Waals surface area contributed by atoms with Crippen molar-refractivity contribution in [3.63, 3.8) is 0 Å². The van der Waals surface area contributed by atoms with E-state index in [1.807, 2.05) is 6.92 Å². The van der Waals surface area contributed by atoms with E-state index in [1.54, 1.807) is 6.92 Å². The number of carbonyl (C=O) groups excluding carboxylic acids is 1. The third-order valence-corrected chi connectivity index (χ3v) is 2.43. The van der Waals surface area contributed by atoms with Crippen LogP contribution in [0.4, 0.5) is 13.2 Å². The second-order valence-corrected chi connectivity index (χ2v) is 3.98. The van der Waals surface area contributed by atoms with Gasteiger partial charge < -0.3 is 10.5 Å². The molecule has 2 N–H and O–H groups in total. The molecule has 0 aliphatic carbocycles. The molecule has 3 nitrogen and oxygen atoms in total. The summed E-state index contributed by atoms with van der Waals surface area (Å²) in [7, 11) is 0. The highest BCUT2D eigenvalue weighted by atomic mass is 19.4. The van der Waals surface area contributed by atoms with Crippen LogP contribution in [0.3, 0.4) is 0 Å². The summed E-state index contributed by atoms with van der Waals surface area (Å²) in [5.74, 6) is -2.13. The molecule has 0 bridgehead atoms. The van der Waals surface area contributed by atoms with Crippen LogP contribution in [-0.2, 0) is 9.53 Å². The number of alkyl halides is 3. The van der Waals surface area contributed by atoms with Gasteiger partial charge >= 0.3 is 12.1 Å². The molecular formula is C11H20F3NO2. The SMILES string of the molecule is CCCC[C@H](C(=O)OCCC)[C@H](N)C(F)(F)F. The molecule has 102 valence electrons. The fourth-order valence-electron chi connectivity index (χ4n) is 1.41. The molecule has 6 heteroatoms. The average molecular weight is 255 g/mol. The van der Waals surface area contributed by atoms with E-state index in [4.69, 9.17) is 10.5 Å². The van der Waals surface area contributed by atoms with Gasteiger partial charge in [-0.1, -0.05) is 26.7 Å². The molecule has 0 heterocycles. The number of unbranched alkanes of at least 4 members (excludes halogenated alkanes) is 1. The van der Waals surface area contributed by atoms with E-state index in [0.29, 0.717) is 19.3 Å². The van der Waals surface area contributed by atoms with Gasteiger partial charge in [-0.2, -0.15) is 13.2 Å². The van der Waals surface area contributed by atoms with E-state index in [-0.39, 0.29) is 13.0 Å². The van der Waals surface area contributed by atoms with Crippen molar-refractivity contribution in [2.45, 2.75) is 51.7 Å². The molecule has 0 amide bonds. The summed E-state index contributed by atoms with van der Waals surface area (Å²) < 4.78 is 42.2. The minimum absolute atomic E-state index is 0.111. The van der Waals surface area contributed by atoms with Gasteiger partial charge in [-0.15, -0.1) is 0 Å². The molecule has 17 heavy (non-hydrogen) atoms. The first-order valence-corrected chi connectivity index (χ1v) is 5.83. The van der Waals surface area contributed by atoms with Gasteiger partial charge in [-0.3, -0.25) is 4.79 Å². The molecule has 0 aliphatic rings. The number of hydrogen-bond donors (Lipinski definition) is 1. The summed E-state index contributed by atoms with van der Waals surface area (Å²) in [4.78, 5) is 11.5. The van der Waals surface area contributed by atoms with Gasteiger partial charge in [0.05, 0.1) is 12.5 Å². The third-order valence-electron chi connectivity index (χ3n) is 2.43. The number of hydrogen-bond acceptors (Lipinski definition) is 3. The highest BCUT2D eigenvalue weighted by Gasteiger charge is 2.45. The zero-order valence-electron chi connectivity index (χ0n) is 10.2. The Balaban J connectivity index is 4.56. The standard InChI is InChI=1S/C11H20F3NO2/c1-3-5-6-8(9(15)11(12,13)14)10(16)17-7-4-2/h8-9H,3-7,15H2,1-2H3/t8-,9-/m0/s1. The molecule has 0 aromatic heterocycles. The van der Waals surface area contributed by atoms with Crippen LogP contribution < -0.4 is 5.73 Å². The minimum atomic E-state index is -4.57. The highest BCUT2D eigenvalue weighted by Crippen LogP contribution is 2.27. The fraction of sp³-hybridized carbons (Fsp3) is 0.909. The van der Waals surface area contributed by atoms with E-state index < -0.39 is 24.1 Å². The van der Waals surface area contributed by atoms with Gasteiger partial charge in [0.2, 0.25) is 0 Å². The lowest BCUT2D eigenvalue weighted by atomic mass is 9.94. The van der Waals surface area contributed by atoms with Gasteiger partial charge in [0.15, 0.2) is 0 Å². The second kappa shape index (κ2) is 7.53. The smallest absolute Gasteiger partial charge is 0.404 e. The summed E-state index contributed by atoms with van der Waals surface area (Å²) in [6.45, 7) is 3.75. The van der Waals surface area contributed by atoms with Crippen LogP contribution in [0, 0.1) is 5.92 Å². The van der Waals surface area contributed by atoms with Gasteiger partial charge in [0, 0.05) is 0 Å². The predicted molar refractivity (Wildman–Crippen MR) is 58.3 cm³/mol. The van der Waals surface area contributed by atoms with Crippen LogP contribution in [0.15, 0.2) is 0 Å². The monoisotopic (exact) mass is 255 g/mol. The van der Waals surface area contributed by atoms with Crippen molar-refractivity contribution in [1.29, 1.82) is 0 Å². The van der Waals surface area contributed by atoms with E-state index in [0.717, 1.165) is 0 Å². The van der Waals surface area contributed by atoms with Crippen LogP contribution in [0.5, 0.6) is 0 Å². The number of nitrogens with two attached hydrogens (primary N) is 1. The first-order valence-electron chi connectivity index (χ1n) is 5.83. The van der Waals surface area contributed by atoms with Crippen molar-refractivity contribution in [2.75, 3.05) is 6.61 Å². The summed E-state index contributed by atoms with van der Waals surface area (Å²) in [5.41, 5.74) is 5.08. The van der Waals surface area contributed by atoms with Crippen molar-refractivity contribution < 1.29 is 22.7 Å². The average Bonchev–Trinajstić information content (AvgIpc) is 2.25. The van der Waals surface area contributed by atoms with Crippen molar-refractivity contribution in [1.82, 2.24) is 0 Å². The molecule has 0 saturated heterocycles. The van der Waals surface area contributed by atoms with Crippen molar-refractivity contribution in [3.8, 4) is 0 Å². The largest absolute Gasteiger partial charge is 0.465 e. The van der Waals surface area contributed by atoms with Crippen LogP contribution in [0.1, 0.15) is 39.5 Å². The van der Waals surface area contributed by atoms with E-state index in [1.165, 1.54) is 0 Å². The summed E-state index contributed by atoms with van der Waals surface area (Å²) in [5, 5.41) is 0. The Bertz CT molecular complexity index is 231. The number of halogens is 3. The lowest BCUT2D eigenvalue weighted by Crippen LogP contribution is -2.47. The van der Waals surface area contributed by atoms with E-state index in [2.05, 4.69) is 0 Å².